The second-order valence-corrected chi connectivity index (χ2v) is 6.10. The number of hydrogen-bond acceptors (Lipinski definition) is 2. The van der Waals surface area contributed by atoms with Gasteiger partial charge in [0.2, 0.25) is 5.91 Å². The monoisotopic (exact) mass is 315 g/mol. The number of fused-ring (bicyclic) bond motifs is 1. The maximum Gasteiger partial charge on any atom is 0.321 e. The third-order valence-electron chi connectivity index (χ3n) is 3.84. The van der Waals surface area contributed by atoms with Crippen LogP contribution in [-0.4, -0.2) is 31.6 Å². The summed E-state index contributed by atoms with van der Waals surface area (Å²) in [5.74, 6) is 0.216. The highest BCUT2D eigenvalue weighted by molar-refractivity contribution is 6.02. The van der Waals surface area contributed by atoms with Crippen LogP contribution in [0.5, 0.6) is 0 Å². The Bertz CT molecular complexity index is 610. The zero-order valence-electron chi connectivity index (χ0n) is 14.1. The van der Waals surface area contributed by atoms with Crippen LogP contribution in [0.15, 0.2) is 30.9 Å². The van der Waals surface area contributed by atoms with Crippen LogP contribution in [0.2, 0.25) is 0 Å². The van der Waals surface area contributed by atoms with Crippen LogP contribution in [0.25, 0.3) is 0 Å². The third-order valence-corrected chi connectivity index (χ3v) is 3.84. The maximum absolute atomic E-state index is 12.2. The number of hydrogen-bond donors (Lipinski definition) is 1. The molecule has 0 fully saturated rings. The molecule has 1 aliphatic rings. The van der Waals surface area contributed by atoms with Gasteiger partial charge in [0, 0.05) is 25.3 Å². The van der Waals surface area contributed by atoms with Gasteiger partial charge in [-0.2, -0.15) is 0 Å². The van der Waals surface area contributed by atoms with Gasteiger partial charge in [-0.05, 0) is 43.0 Å². The fraction of sp³-hybridized carbons (Fsp3) is 0.444. The van der Waals surface area contributed by atoms with Crippen molar-refractivity contribution in [1.82, 2.24) is 5.32 Å². The van der Waals surface area contributed by atoms with Crippen molar-refractivity contribution >= 4 is 23.3 Å². The van der Waals surface area contributed by atoms with Gasteiger partial charge in [-0.15, -0.1) is 0 Å². The number of urea groups is 1. The molecule has 1 aromatic rings. The number of rotatable bonds is 5. The van der Waals surface area contributed by atoms with Gasteiger partial charge in [0.1, 0.15) is 0 Å². The van der Waals surface area contributed by atoms with Crippen LogP contribution in [0, 0.1) is 5.92 Å². The normalized spacial score (nSPS) is 13.0. The average Bonchev–Trinajstić information content (AvgIpc) is 2.95. The van der Waals surface area contributed by atoms with Gasteiger partial charge < -0.3 is 10.2 Å². The summed E-state index contributed by atoms with van der Waals surface area (Å²) in [5, 5.41) is 2.83. The van der Waals surface area contributed by atoms with Crippen LogP contribution in [0.1, 0.15) is 26.3 Å². The summed E-state index contributed by atoms with van der Waals surface area (Å²) in [4.78, 5) is 27.8. The minimum absolute atomic E-state index is 0.0890. The molecule has 124 valence electrons. The van der Waals surface area contributed by atoms with E-state index in [0.717, 1.165) is 23.4 Å². The zero-order chi connectivity index (χ0) is 17.0. The van der Waals surface area contributed by atoms with E-state index in [9.17, 15) is 9.59 Å². The molecule has 1 aromatic carbocycles. The second kappa shape index (κ2) is 7.31. The zero-order valence-corrected chi connectivity index (χ0v) is 14.1. The highest BCUT2D eigenvalue weighted by Crippen LogP contribution is 2.32. The molecule has 1 N–H and O–H groups in total. The molecule has 1 heterocycles. The van der Waals surface area contributed by atoms with E-state index < -0.39 is 0 Å². The van der Waals surface area contributed by atoms with Gasteiger partial charge in [0.05, 0.1) is 5.69 Å². The molecule has 5 heteroatoms. The first-order valence-corrected chi connectivity index (χ1v) is 8.10. The lowest BCUT2D eigenvalue weighted by molar-refractivity contribution is -0.114. The van der Waals surface area contributed by atoms with Crippen molar-refractivity contribution in [2.45, 2.75) is 27.2 Å². The van der Waals surface area contributed by atoms with Crippen LogP contribution in [0.3, 0.4) is 0 Å². The summed E-state index contributed by atoms with van der Waals surface area (Å²) in [5.41, 5.74) is 2.83. The van der Waals surface area contributed by atoms with E-state index in [1.54, 1.807) is 9.80 Å². The molecule has 0 atom stereocenters. The number of carbonyl (C=O) groups excluding carboxylic acids is 2. The van der Waals surface area contributed by atoms with E-state index in [-0.39, 0.29) is 11.9 Å². The molecule has 0 aromatic heterocycles. The lowest BCUT2D eigenvalue weighted by atomic mass is 10.1. The highest BCUT2D eigenvalue weighted by Gasteiger charge is 2.26. The van der Waals surface area contributed by atoms with Crippen molar-refractivity contribution in [2.24, 2.45) is 5.92 Å². The van der Waals surface area contributed by atoms with E-state index in [1.807, 2.05) is 25.1 Å². The Balaban J connectivity index is 2.34. The Labute approximate surface area is 138 Å². The minimum Gasteiger partial charge on any atom is -0.338 e. The fourth-order valence-corrected chi connectivity index (χ4v) is 2.79. The number of amides is 3. The Kier molecular flexibility index (Phi) is 5.42. The average molecular weight is 315 g/mol. The minimum atomic E-state index is -0.124. The molecule has 0 saturated carbocycles. The third kappa shape index (κ3) is 3.73. The molecular formula is C18H25N3O2. The van der Waals surface area contributed by atoms with E-state index in [1.165, 1.54) is 6.08 Å². The molecule has 0 unspecified atom stereocenters. The molecule has 1 aliphatic heterocycles. The summed E-state index contributed by atoms with van der Waals surface area (Å²) in [6.07, 6.45) is 2.17. The molecule has 0 radical (unpaired) electrons. The number of carbonyl (C=O) groups is 2. The summed E-state index contributed by atoms with van der Waals surface area (Å²) >= 11 is 0. The largest absolute Gasteiger partial charge is 0.338 e. The Morgan fingerprint density at radius 1 is 1.43 bits per heavy atom. The lowest BCUT2D eigenvalue weighted by Gasteiger charge is -2.25. The lowest BCUT2D eigenvalue weighted by Crippen LogP contribution is -2.39. The van der Waals surface area contributed by atoms with E-state index in [2.05, 4.69) is 25.7 Å². The van der Waals surface area contributed by atoms with E-state index >= 15 is 0 Å². The quantitative estimate of drug-likeness (QED) is 0.849. The molecule has 0 saturated heterocycles. The molecule has 5 nitrogen and oxygen atoms in total. The van der Waals surface area contributed by atoms with Crippen LogP contribution in [0.4, 0.5) is 16.2 Å². The van der Waals surface area contributed by atoms with Gasteiger partial charge in [0.25, 0.3) is 0 Å². The maximum atomic E-state index is 12.2. The predicted octanol–water partition coefficient (Wildman–Crippen LogP) is 2.95. The van der Waals surface area contributed by atoms with Crippen LogP contribution < -0.4 is 15.1 Å². The van der Waals surface area contributed by atoms with E-state index in [4.69, 9.17) is 0 Å². The summed E-state index contributed by atoms with van der Waals surface area (Å²) in [7, 11) is 0. The Morgan fingerprint density at radius 2 is 2.17 bits per heavy atom. The predicted molar refractivity (Wildman–Crippen MR) is 94.0 cm³/mol. The first-order chi connectivity index (χ1) is 11.0. The fourth-order valence-electron chi connectivity index (χ4n) is 2.79. The standard InChI is InChI=1S/C18H25N3O2/c1-5-17(22)21(12-13(3)4)15-8-7-14-9-10-20(16(14)11-15)18(23)19-6-2/h5,7-8,11,13H,1,6,9-10,12H2,2-4H3,(H,19,23). The smallest absolute Gasteiger partial charge is 0.321 e. The molecule has 0 bridgehead atoms. The van der Waals surface area contributed by atoms with E-state index in [0.29, 0.717) is 25.6 Å². The first kappa shape index (κ1) is 17.1. The number of nitrogens with one attached hydrogen (secondary N) is 1. The number of nitrogens with zero attached hydrogens (tertiary/aromatic N) is 2. The Hall–Kier alpha value is -2.30. The topological polar surface area (TPSA) is 52.7 Å². The summed E-state index contributed by atoms with van der Waals surface area (Å²) in [6.45, 7) is 11.5. The molecular weight excluding hydrogens is 290 g/mol. The van der Waals surface area contributed by atoms with Crippen LogP contribution in [-0.2, 0) is 11.2 Å². The van der Waals surface area contributed by atoms with Crippen molar-refractivity contribution in [1.29, 1.82) is 0 Å². The SMILES string of the molecule is C=CC(=O)N(CC(C)C)c1ccc2c(c1)N(C(=O)NCC)CC2. The summed E-state index contributed by atoms with van der Waals surface area (Å²) < 4.78 is 0. The van der Waals surface area contributed by atoms with Gasteiger partial charge >= 0.3 is 6.03 Å². The highest BCUT2D eigenvalue weighted by atomic mass is 16.2. The van der Waals surface area contributed by atoms with Crippen molar-refractivity contribution in [3.8, 4) is 0 Å². The molecule has 2 rings (SSSR count). The molecule has 0 aliphatic carbocycles. The molecule has 0 spiro atoms. The molecule has 23 heavy (non-hydrogen) atoms. The van der Waals surface area contributed by atoms with Gasteiger partial charge in [-0.3, -0.25) is 9.69 Å². The van der Waals surface area contributed by atoms with Gasteiger partial charge in [-0.25, -0.2) is 4.79 Å². The van der Waals surface area contributed by atoms with Gasteiger partial charge in [-0.1, -0.05) is 26.5 Å². The van der Waals surface area contributed by atoms with Crippen LogP contribution >= 0.6 is 0 Å². The number of anilines is 2. The first-order valence-electron chi connectivity index (χ1n) is 8.10. The number of benzene rings is 1. The second-order valence-electron chi connectivity index (χ2n) is 6.10. The molecule has 3 amide bonds. The van der Waals surface area contributed by atoms with Crippen molar-refractivity contribution in [2.75, 3.05) is 29.4 Å². The van der Waals surface area contributed by atoms with Gasteiger partial charge in [0.15, 0.2) is 0 Å². The Morgan fingerprint density at radius 3 is 2.78 bits per heavy atom. The van der Waals surface area contributed by atoms with Crippen molar-refractivity contribution in [3.05, 3.63) is 36.4 Å². The summed E-state index contributed by atoms with van der Waals surface area (Å²) in [6, 6.07) is 5.80. The van der Waals surface area contributed by atoms with Crippen molar-refractivity contribution < 1.29 is 9.59 Å². The van der Waals surface area contributed by atoms with Crippen molar-refractivity contribution in [3.63, 3.8) is 0 Å².